The molecule has 1 heterocycles. The van der Waals surface area contributed by atoms with Crippen molar-refractivity contribution in [3.05, 3.63) is 30.1 Å². The van der Waals surface area contributed by atoms with Gasteiger partial charge in [0.2, 0.25) is 5.91 Å². The maximum Gasteiger partial charge on any atom is 0.225 e. The fourth-order valence-corrected chi connectivity index (χ4v) is 2.60. The zero-order valence-electron chi connectivity index (χ0n) is 11.6. The van der Waals surface area contributed by atoms with Gasteiger partial charge >= 0.3 is 0 Å². The van der Waals surface area contributed by atoms with Crippen molar-refractivity contribution in [3.8, 4) is 0 Å². The first-order valence-corrected chi connectivity index (χ1v) is 7.15. The first kappa shape index (κ1) is 14.9. The summed E-state index contributed by atoms with van der Waals surface area (Å²) in [4.78, 5) is 14.1. The number of nitrogens with zero attached hydrogens (tertiary/aromatic N) is 1. The Morgan fingerprint density at radius 1 is 1.50 bits per heavy atom. The van der Waals surface area contributed by atoms with Crippen molar-refractivity contribution in [1.29, 1.82) is 0 Å². The van der Waals surface area contributed by atoms with E-state index >= 15 is 0 Å². The van der Waals surface area contributed by atoms with Crippen molar-refractivity contribution in [2.24, 2.45) is 11.7 Å². The van der Waals surface area contributed by atoms with Gasteiger partial charge in [0.05, 0.1) is 0 Å². The summed E-state index contributed by atoms with van der Waals surface area (Å²) < 4.78 is 13.0. The minimum Gasteiger partial charge on any atom is -0.330 e. The lowest BCUT2D eigenvalue weighted by atomic mass is 9.98. The zero-order chi connectivity index (χ0) is 14.4. The van der Waals surface area contributed by atoms with E-state index in [1.165, 1.54) is 18.6 Å². The number of benzene rings is 1. The number of anilines is 1. The van der Waals surface area contributed by atoms with Crippen LogP contribution in [0.25, 0.3) is 0 Å². The fraction of sp³-hybridized carbons (Fsp3) is 0.533. The summed E-state index contributed by atoms with van der Waals surface area (Å²) in [5, 5.41) is 2.72. The van der Waals surface area contributed by atoms with Crippen LogP contribution >= 0.6 is 0 Å². The number of likely N-dealkylation sites (tertiary alicyclic amines) is 1. The van der Waals surface area contributed by atoms with Gasteiger partial charge in [-0.25, -0.2) is 4.39 Å². The molecule has 1 atom stereocenters. The second kappa shape index (κ2) is 7.36. The molecule has 1 aromatic carbocycles. The van der Waals surface area contributed by atoms with E-state index in [4.69, 9.17) is 5.73 Å². The monoisotopic (exact) mass is 279 g/mol. The van der Waals surface area contributed by atoms with Crippen LogP contribution in [-0.4, -0.2) is 37.0 Å². The maximum atomic E-state index is 13.0. The molecule has 0 bridgehead atoms. The van der Waals surface area contributed by atoms with Crippen molar-refractivity contribution < 1.29 is 9.18 Å². The van der Waals surface area contributed by atoms with Crippen LogP contribution in [0.2, 0.25) is 0 Å². The normalized spacial score (nSPS) is 19.8. The Hall–Kier alpha value is -1.46. The van der Waals surface area contributed by atoms with Gasteiger partial charge < -0.3 is 16.0 Å². The minimum atomic E-state index is -0.343. The molecular formula is C15H22FN3O. The summed E-state index contributed by atoms with van der Waals surface area (Å²) in [6.07, 6.45) is 2.75. The Morgan fingerprint density at radius 2 is 2.35 bits per heavy atom. The summed E-state index contributed by atoms with van der Waals surface area (Å²) in [5.74, 6) is 0.130. The molecule has 1 saturated heterocycles. The molecule has 110 valence electrons. The highest BCUT2D eigenvalue weighted by molar-refractivity contribution is 5.90. The van der Waals surface area contributed by atoms with Gasteiger partial charge in [-0.15, -0.1) is 0 Å². The van der Waals surface area contributed by atoms with Crippen LogP contribution < -0.4 is 11.1 Å². The Bertz CT molecular complexity index is 452. The molecule has 0 aromatic heterocycles. The highest BCUT2D eigenvalue weighted by atomic mass is 19.1. The second-order valence-electron chi connectivity index (χ2n) is 5.35. The maximum absolute atomic E-state index is 13.0. The molecule has 0 saturated carbocycles. The van der Waals surface area contributed by atoms with E-state index in [1.807, 2.05) is 0 Å². The molecule has 1 aromatic rings. The average molecular weight is 279 g/mol. The van der Waals surface area contributed by atoms with E-state index in [-0.39, 0.29) is 11.7 Å². The summed E-state index contributed by atoms with van der Waals surface area (Å²) in [7, 11) is 0. The number of piperidine rings is 1. The highest BCUT2D eigenvalue weighted by Gasteiger charge is 2.18. The van der Waals surface area contributed by atoms with E-state index in [2.05, 4.69) is 10.2 Å². The van der Waals surface area contributed by atoms with Crippen molar-refractivity contribution in [2.75, 3.05) is 31.5 Å². The van der Waals surface area contributed by atoms with Gasteiger partial charge in [-0.05, 0) is 50.0 Å². The third kappa shape index (κ3) is 4.58. The van der Waals surface area contributed by atoms with Gasteiger partial charge in [-0.3, -0.25) is 4.79 Å². The minimum absolute atomic E-state index is 0.0783. The van der Waals surface area contributed by atoms with E-state index < -0.39 is 0 Å². The molecule has 1 unspecified atom stereocenters. The molecule has 20 heavy (non-hydrogen) atoms. The molecule has 0 radical (unpaired) electrons. The third-order valence-corrected chi connectivity index (χ3v) is 3.70. The first-order chi connectivity index (χ1) is 9.67. The number of hydrogen-bond acceptors (Lipinski definition) is 3. The Labute approximate surface area is 119 Å². The van der Waals surface area contributed by atoms with Gasteiger partial charge in [-0.1, -0.05) is 6.07 Å². The number of carbonyl (C=O) groups excluding carboxylic acids is 1. The highest BCUT2D eigenvalue weighted by Crippen LogP contribution is 2.15. The predicted octanol–water partition coefficient (Wildman–Crippen LogP) is 1.82. The van der Waals surface area contributed by atoms with Crippen molar-refractivity contribution in [3.63, 3.8) is 0 Å². The van der Waals surface area contributed by atoms with Crippen LogP contribution in [0.3, 0.4) is 0 Å². The molecule has 1 amide bonds. The molecule has 0 aliphatic carbocycles. The summed E-state index contributed by atoms with van der Waals surface area (Å²) in [6.45, 7) is 3.46. The topological polar surface area (TPSA) is 58.4 Å². The van der Waals surface area contributed by atoms with E-state index in [9.17, 15) is 9.18 Å². The number of carbonyl (C=O) groups is 1. The largest absolute Gasteiger partial charge is 0.330 e. The second-order valence-corrected chi connectivity index (χ2v) is 5.35. The smallest absolute Gasteiger partial charge is 0.225 e. The van der Waals surface area contributed by atoms with Crippen LogP contribution in [0, 0.1) is 11.7 Å². The third-order valence-electron chi connectivity index (χ3n) is 3.70. The lowest BCUT2D eigenvalue weighted by molar-refractivity contribution is -0.116. The lowest BCUT2D eigenvalue weighted by Crippen LogP contribution is -2.39. The number of hydrogen-bond donors (Lipinski definition) is 2. The van der Waals surface area contributed by atoms with Crippen molar-refractivity contribution in [2.45, 2.75) is 19.3 Å². The van der Waals surface area contributed by atoms with Gasteiger partial charge in [0.15, 0.2) is 0 Å². The standard InChI is InChI=1S/C15H22FN3O/c16-13-4-1-5-14(9-13)18-15(20)6-8-19-7-2-3-12(10-17)11-19/h1,4-5,9,12H,2-3,6-8,10-11,17H2,(H,18,20). The molecule has 1 fully saturated rings. The molecule has 4 nitrogen and oxygen atoms in total. The van der Waals surface area contributed by atoms with Gasteiger partial charge in [0, 0.05) is 25.2 Å². The predicted molar refractivity (Wildman–Crippen MR) is 77.9 cm³/mol. The van der Waals surface area contributed by atoms with E-state index in [0.29, 0.717) is 24.6 Å². The van der Waals surface area contributed by atoms with Gasteiger partial charge in [-0.2, -0.15) is 0 Å². The van der Waals surface area contributed by atoms with Crippen LogP contribution in [0.4, 0.5) is 10.1 Å². The molecule has 3 N–H and O–H groups in total. The molecule has 1 aliphatic rings. The SMILES string of the molecule is NCC1CCCN(CCC(=O)Nc2cccc(F)c2)C1. The molecule has 2 rings (SSSR count). The van der Waals surface area contributed by atoms with Crippen molar-refractivity contribution in [1.82, 2.24) is 4.90 Å². The van der Waals surface area contributed by atoms with Crippen LogP contribution in [0.1, 0.15) is 19.3 Å². The van der Waals surface area contributed by atoms with Gasteiger partial charge in [0.1, 0.15) is 5.82 Å². The average Bonchev–Trinajstić information content (AvgIpc) is 2.45. The van der Waals surface area contributed by atoms with E-state index in [1.54, 1.807) is 12.1 Å². The summed E-state index contributed by atoms with van der Waals surface area (Å²) in [6, 6.07) is 5.95. The number of nitrogens with two attached hydrogens (primary N) is 1. The Morgan fingerprint density at radius 3 is 3.10 bits per heavy atom. The summed E-state index contributed by atoms with van der Waals surface area (Å²) in [5.41, 5.74) is 6.20. The first-order valence-electron chi connectivity index (χ1n) is 7.15. The quantitative estimate of drug-likeness (QED) is 0.864. The zero-order valence-corrected chi connectivity index (χ0v) is 11.6. The number of halogens is 1. The summed E-state index contributed by atoms with van der Waals surface area (Å²) >= 11 is 0. The Kier molecular flexibility index (Phi) is 5.49. The fourth-order valence-electron chi connectivity index (χ4n) is 2.60. The molecule has 0 spiro atoms. The molecule has 1 aliphatic heterocycles. The lowest BCUT2D eigenvalue weighted by Gasteiger charge is -2.31. The molecular weight excluding hydrogens is 257 g/mol. The van der Waals surface area contributed by atoms with Crippen LogP contribution in [0.5, 0.6) is 0 Å². The molecule has 5 heteroatoms. The number of rotatable bonds is 5. The van der Waals surface area contributed by atoms with E-state index in [0.717, 1.165) is 26.1 Å². The Balaban J connectivity index is 1.75. The van der Waals surface area contributed by atoms with Crippen LogP contribution in [-0.2, 0) is 4.79 Å². The number of amides is 1. The van der Waals surface area contributed by atoms with Gasteiger partial charge in [0.25, 0.3) is 0 Å². The van der Waals surface area contributed by atoms with Crippen molar-refractivity contribution >= 4 is 11.6 Å². The van der Waals surface area contributed by atoms with Crippen LogP contribution in [0.15, 0.2) is 24.3 Å². The number of nitrogens with one attached hydrogen (secondary N) is 1.